The van der Waals surface area contributed by atoms with Gasteiger partial charge in [-0.05, 0) is 19.4 Å². The zero-order valence-electron chi connectivity index (χ0n) is 11.4. The molecule has 0 bridgehead atoms. The van der Waals surface area contributed by atoms with Crippen molar-refractivity contribution in [2.24, 2.45) is 0 Å². The van der Waals surface area contributed by atoms with Crippen LogP contribution in [0.4, 0.5) is 0 Å². The minimum absolute atomic E-state index is 0.0114. The van der Waals surface area contributed by atoms with E-state index in [0.29, 0.717) is 19.6 Å². The van der Waals surface area contributed by atoms with E-state index in [0.717, 1.165) is 5.56 Å². The van der Waals surface area contributed by atoms with Gasteiger partial charge in [-0.25, -0.2) is 0 Å². The highest BCUT2D eigenvalue weighted by Crippen LogP contribution is 2.21. The van der Waals surface area contributed by atoms with Gasteiger partial charge in [0.15, 0.2) is 11.6 Å². The maximum absolute atomic E-state index is 11.6. The predicted molar refractivity (Wildman–Crippen MR) is 70.6 cm³/mol. The second kappa shape index (κ2) is 6.28. The van der Waals surface area contributed by atoms with Crippen LogP contribution in [0.25, 0.3) is 0 Å². The van der Waals surface area contributed by atoms with Crippen molar-refractivity contribution in [3.05, 3.63) is 35.9 Å². The van der Waals surface area contributed by atoms with E-state index in [-0.39, 0.29) is 12.4 Å². The number of rotatable bonds is 5. The van der Waals surface area contributed by atoms with Crippen LogP contribution < -0.4 is 0 Å². The summed E-state index contributed by atoms with van der Waals surface area (Å²) in [6.45, 7) is 4.81. The molecule has 0 aliphatic carbocycles. The summed E-state index contributed by atoms with van der Waals surface area (Å²) >= 11 is 0. The van der Waals surface area contributed by atoms with Gasteiger partial charge in [0.2, 0.25) is 0 Å². The Bertz CT molecular complexity index is 413. The Kier molecular flexibility index (Phi) is 4.69. The van der Waals surface area contributed by atoms with E-state index >= 15 is 0 Å². The molecule has 1 unspecified atom stereocenters. The summed E-state index contributed by atoms with van der Waals surface area (Å²) in [4.78, 5) is 11.6. The fourth-order valence-corrected chi connectivity index (χ4v) is 1.95. The predicted octanol–water partition coefficient (Wildman–Crippen LogP) is 2.31. The van der Waals surface area contributed by atoms with Crippen LogP contribution in [0.2, 0.25) is 0 Å². The number of benzene rings is 1. The first-order chi connectivity index (χ1) is 9.07. The molecule has 0 saturated carbocycles. The first-order valence-electron chi connectivity index (χ1n) is 6.53. The van der Waals surface area contributed by atoms with Crippen molar-refractivity contribution in [3.8, 4) is 0 Å². The summed E-state index contributed by atoms with van der Waals surface area (Å²) in [5, 5.41) is 0. The van der Waals surface area contributed by atoms with Crippen molar-refractivity contribution in [1.29, 1.82) is 0 Å². The third kappa shape index (κ3) is 4.42. The molecule has 1 heterocycles. The molecule has 0 aromatic heterocycles. The molecule has 0 radical (unpaired) electrons. The summed E-state index contributed by atoms with van der Waals surface area (Å²) < 4.78 is 16.4. The smallest absolute Gasteiger partial charge is 0.187 e. The lowest BCUT2D eigenvalue weighted by Crippen LogP contribution is -2.46. The molecule has 0 N–H and O–H groups in total. The summed E-state index contributed by atoms with van der Waals surface area (Å²) in [7, 11) is 0. The number of Topliss-reactive ketones (excluding diaryl/α,β-unsaturated/α-hetero) is 1. The van der Waals surface area contributed by atoms with Gasteiger partial charge in [-0.2, -0.15) is 0 Å². The van der Waals surface area contributed by atoms with Gasteiger partial charge in [-0.3, -0.25) is 4.79 Å². The topological polar surface area (TPSA) is 44.8 Å². The molecule has 0 amide bonds. The van der Waals surface area contributed by atoms with E-state index in [2.05, 4.69) is 0 Å². The maximum Gasteiger partial charge on any atom is 0.187 e. The molecule has 1 aliphatic rings. The van der Waals surface area contributed by atoms with E-state index in [4.69, 9.17) is 14.2 Å². The second-order valence-corrected chi connectivity index (χ2v) is 5.09. The quantitative estimate of drug-likeness (QED) is 0.766. The lowest BCUT2D eigenvalue weighted by atomic mass is 10.1. The minimum Gasteiger partial charge on any atom is -0.377 e. The molecule has 2 rings (SSSR count). The van der Waals surface area contributed by atoms with Crippen molar-refractivity contribution < 1.29 is 19.0 Å². The molecule has 1 aromatic rings. The fraction of sp³-hybridized carbons (Fsp3) is 0.533. The van der Waals surface area contributed by atoms with Gasteiger partial charge in [0.1, 0.15) is 12.7 Å². The largest absolute Gasteiger partial charge is 0.377 e. The van der Waals surface area contributed by atoms with Crippen LogP contribution in [-0.2, 0) is 25.6 Å². The van der Waals surface area contributed by atoms with Crippen molar-refractivity contribution in [3.63, 3.8) is 0 Å². The highest BCUT2D eigenvalue weighted by atomic mass is 16.7. The van der Waals surface area contributed by atoms with E-state index < -0.39 is 11.9 Å². The zero-order valence-corrected chi connectivity index (χ0v) is 11.4. The van der Waals surface area contributed by atoms with Crippen LogP contribution >= 0.6 is 0 Å². The summed E-state index contributed by atoms with van der Waals surface area (Å²) in [6, 6.07) is 9.96. The maximum atomic E-state index is 11.6. The fourth-order valence-electron chi connectivity index (χ4n) is 1.95. The van der Waals surface area contributed by atoms with Gasteiger partial charge in [0.25, 0.3) is 0 Å². The van der Waals surface area contributed by atoms with Crippen molar-refractivity contribution in [2.45, 2.75) is 38.8 Å². The van der Waals surface area contributed by atoms with Crippen LogP contribution in [0.3, 0.4) is 0 Å². The van der Waals surface area contributed by atoms with Crippen LogP contribution in [0.5, 0.6) is 0 Å². The standard InChI is InChI=1S/C15H20O4/c1-15(2)18-11-13(16)14(19-15)8-9-17-10-12-6-4-3-5-7-12/h3-7,14H,8-11H2,1-2H3. The lowest BCUT2D eigenvalue weighted by Gasteiger charge is -2.34. The van der Waals surface area contributed by atoms with Gasteiger partial charge >= 0.3 is 0 Å². The van der Waals surface area contributed by atoms with E-state index in [1.807, 2.05) is 44.2 Å². The molecule has 1 fully saturated rings. The average Bonchev–Trinajstić information content (AvgIpc) is 2.40. The molecule has 1 aliphatic heterocycles. The Morgan fingerprint density at radius 2 is 2.05 bits per heavy atom. The van der Waals surface area contributed by atoms with Crippen LogP contribution in [-0.4, -0.2) is 30.9 Å². The number of ketones is 1. The number of hydrogen-bond donors (Lipinski definition) is 0. The summed E-state index contributed by atoms with van der Waals surface area (Å²) in [6.07, 6.45) is 0.151. The first-order valence-corrected chi connectivity index (χ1v) is 6.53. The normalized spacial score (nSPS) is 22.4. The lowest BCUT2D eigenvalue weighted by molar-refractivity contribution is -0.260. The van der Waals surface area contributed by atoms with Gasteiger partial charge in [0, 0.05) is 13.0 Å². The molecule has 19 heavy (non-hydrogen) atoms. The molecular formula is C15H20O4. The second-order valence-electron chi connectivity index (χ2n) is 5.09. The molecule has 1 aromatic carbocycles. The number of hydrogen-bond acceptors (Lipinski definition) is 4. The molecule has 1 saturated heterocycles. The van der Waals surface area contributed by atoms with Crippen molar-refractivity contribution in [2.75, 3.05) is 13.2 Å². The average molecular weight is 264 g/mol. The molecule has 4 heteroatoms. The van der Waals surface area contributed by atoms with Gasteiger partial charge < -0.3 is 14.2 Å². The summed E-state index contributed by atoms with van der Waals surface area (Å²) in [5.74, 6) is -0.694. The van der Waals surface area contributed by atoms with Crippen molar-refractivity contribution in [1.82, 2.24) is 0 Å². The Morgan fingerprint density at radius 1 is 1.32 bits per heavy atom. The number of carbonyl (C=O) groups excluding carboxylic acids is 1. The first kappa shape index (κ1) is 14.2. The molecule has 1 atom stereocenters. The van der Waals surface area contributed by atoms with Crippen LogP contribution in [0, 0.1) is 0 Å². The zero-order chi connectivity index (χ0) is 13.7. The Balaban J connectivity index is 1.72. The Labute approximate surface area is 113 Å². The third-order valence-corrected chi connectivity index (χ3v) is 2.98. The van der Waals surface area contributed by atoms with Crippen molar-refractivity contribution >= 4 is 5.78 Å². The number of carbonyl (C=O) groups is 1. The van der Waals surface area contributed by atoms with Crippen LogP contribution in [0.1, 0.15) is 25.8 Å². The molecule has 4 nitrogen and oxygen atoms in total. The molecule has 104 valence electrons. The Morgan fingerprint density at radius 3 is 2.79 bits per heavy atom. The molecular weight excluding hydrogens is 244 g/mol. The highest BCUT2D eigenvalue weighted by Gasteiger charge is 2.34. The van der Waals surface area contributed by atoms with Gasteiger partial charge in [-0.1, -0.05) is 30.3 Å². The van der Waals surface area contributed by atoms with Gasteiger partial charge in [0.05, 0.1) is 6.61 Å². The van der Waals surface area contributed by atoms with E-state index in [1.54, 1.807) is 0 Å². The van der Waals surface area contributed by atoms with E-state index in [1.165, 1.54) is 0 Å². The monoisotopic (exact) mass is 264 g/mol. The highest BCUT2D eigenvalue weighted by molar-refractivity contribution is 5.84. The molecule has 0 spiro atoms. The van der Waals surface area contributed by atoms with E-state index in [9.17, 15) is 4.79 Å². The summed E-state index contributed by atoms with van der Waals surface area (Å²) in [5.41, 5.74) is 1.13. The SMILES string of the molecule is CC1(C)OCC(=O)C(CCOCc2ccccc2)O1. The third-order valence-electron chi connectivity index (χ3n) is 2.98. The number of ether oxygens (including phenoxy) is 3. The van der Waals surface area contributed by atoms with Gasteiger partial charge in [-0.15, -0.1) is 0 Å². The minimum atomic E-state index is -0.683. The van der Waals surface area contributed by atoms with Crippen LogP contribution in [0.15, 0.2) is 30.3 Å². The Hall–Kier alpha value is -1.23.